The molecule has 6 heteroatoms. The highest BCUT2D eigenvalue weighted by Crippen LogP contribution is 2.21. The van der Waals surface area contributed by atoms with E-state index in [2.05, 4.69) is 5.32 Å². The van der Waals surface area contributed by atoms with E-state index < -0.39 is 30.3 Å². The van der Waals surface area contributed by atoms with Crippen LogP contribution >= 0.6 is 0 Å². The summed E-state index contributed by atoms with van der Waals surface area (Å²) < 4.78 is 0. The molecular weight excluding hydrogens is 226 g/mol. The molecule has 1 aromatic rings. The van der Waals surface area contributed by atoms with E-state index in [1.807, 2.05) is 0 Å². The van der Waals surface area contributed by atoms with Crippen molar-refractivity contribution in [3.63, 3.8) is 0 Å². The van der Waals surface area contributed by atoms with Gasteiger partial charge in [-0.15, -0.1) is 0 Å². The first-order valence-electron chi connectivity index (χ1n) is 4.88. The van der Waals surface area contributed by atoms with Gasteiger partial charge in [0.2, 0.25) is 0 Å². The van der Waals surface area contributed by atoms with Crippen molar-refractivity contribution in [2.24, 2.45) is 0 Å². The molecular formula is C11H9NO5. The van der Waals surface area contributed by atoms with E-state index in [1.54, 1.807) is 0 Å². The van der Waals surface area contributed by atoms with Crippen molar-refractivity contribution in [1.82, 2.24) is 5.32 Å². The molecule has 0 spiro atoms. The van der Waals surface area contributed by atoms with Crippen molar-refractivity contribution in [2.75, 3.05) is 6.61 Å². The van der Waals surface area contributed by atoms with E-state index in [0.717, 1.165) is 0 Å². The third kappa shape index (κ3) is 1.73. The molecule has 1 aromatic carbocycles. The normalized spacial score (nSPS) is 15.4. The fourth-order valence-electron chi connectivity index (χ4n) is 1.69. The fraction of sp³-hybridized carbons (Fsp3) is 0.182. The van der Waals surface area contributed by atoms with Gasteiger partial charge in [-0.1, -0.05) is 12.1 Å². The van der Waals surface area contributed by atoms with Crippen LogP contribution in [0.3, 0.4) is 0 Å². The highest BCUT2D eigenvalue weighted by molar-refractivity contribution is 6.25. The summed E-state index contributed by atoms with van der Waals surface area (Å²) in [6.45, 7) is -0.738. The third-order valence-corrected chi connectivity index (χ3v) is 2.50. The number of carbonyl (C=O) groups excluding carboxylic acids is 3. The number of fused-ring (bicyclic) bond motifs is 1. The smallest absolute Gasteiger partial charge is 0.259 e. The lowest BCUT2D eigenvalue weighted by molar-refractivity contribution is 0.0585. The van der Waals surface area contributed by atoms with E-state index in [-0.39, 0.29) is 16.7 Å². The Morgan fingerprint density at radius 2 is 2.00 bits per heavy atom. The number of ketones is 1. The SMILES string of the molecule is O=C1NC(=O)c2c1cccc2C(=O)C(O)CO. The maximum atomic E-state index is 11.7. The predicted molar refractivity (Wildman–Crippen MR) is 55.7 cm³/mol. The lowest BCUT2D eigenvalue weighted by Crippen LogP contribution is -2.26. The number of benzene rings is 1. The second-order valence-electron chi connectivity index (χ2n) is 3.57. The Labute approximate surface area is 95.9 Å². The number of hydrogen-bond donors (Lipinski definition) is 3. The largest absolute Gasteiger partial charge is 0.393 e. The van der Waals surface area contributed by atoms with Crippen LogP contribution in [0.25, 0.3) is 0 Å². The number of aliphatic hydroxyl groups is 2. The Kier molecular flexibility index (Phi) is 2.74. The minimum atomic E-state index is -1.59. The highest BCUT2D eigenvalue weighted by atomic mass is 16.3. The van der Waals surface area contributed by atoms with E-state index in [9.17, 15) is 19.5 Å². The van der Waals surface area contributed by atoms with E-state index in [4.69, 9.17) is 5.11 Å². The molecule has 1 heterocycles. The van der Waals surface area contributed by atoms with Crippen LogP contribution in [0.4, 0.5) is 0 Å². The average Bonchev–Trinajstić information content (AvgIpc) is 2.63. The van der Waals surface area contributed by atoms with Crippen LogP contribution in [0.5, 0.6) is 0 Å². The predicted octanol–water partition coefficient (Wildman–Crippen LogP) is -0.894. The van der Waals surface area contributed by atoms with Crippen molar-refractivity contribution in [3.8, 4) is 0 Å². The van der Waals surface area contributed by atoms with Gasteiger partial charge < -0.3 is 10.2 Å². The number of carbonyl (C=O) groups is 3. The quantitative estimate of drug-likeness (QED) is 0.465. The summed E-state index contributed by atoms with van der Waals surface area (Å²) in [5, 5.41) is 20.0. The standard InChI is InChI=1S/C11H9NO5/c13-4-7(14)9(15)5-2-1-3-6-8(5)11(17)12-10(6)16/h1-3,7,13-14H,4H2,(H,12,16,17). The summed E-state index contributed by atoms with van der Waals surface area (Å²) in [5.41, 5.74) is -0.00612. The number of rotatable bonds is 3. The van der Waals surface area contributed by atoms with Crippen LogP contribution in [0.2, 0.25) is 0 Å². The highest BCUT2D eigenvalue weighted by Gasteiger charge is 2.32. The topological polar surface area (TPSA) is 104 Å². The van der Waals surface area contributed by atoms with Gasteiger partial charge in [0, 0.05) is 5.56 Å². The van der Waals surface area contributed by atoms with Gasteiger partial charge in [0.15, 0.2) is 5.78 Å². The zero-order valence-corrected chi connectivity index (χ0v) is 8.64. The Hall–Kier alpha value is -2.05. The Morgan fingerprint density at radius 3 is 2.65 bits per heavy atom. The molecule has 0 saturated carbocycles. The number of nitrogens with one attached hydrogen (secondary N) is 1. The molecule has 6 nitrogen and oxygen atoms in total. The van der Waals surface area contributed by atoms with Crippen molar-refractivity contribution in [1.29, 1.82) is 0 Å². The van der Waals surface area contributed by atoms with E-state index >= 15 is 0 Å². The van der Waals surface area contributed by atoms with Crippen molar-refractivity contribution < 1.29 is 24.6 Å². The average molecular weight is 235 g/mol. The van der Waals surface area contributed by atoms with Crippen LogP contribution in [-0.4, -0.2) is 40.5 Å². The lowest BCUT2D eigenvalue weighted by Gasteiger charge is -2.08. The van der Waals surface area contributed by atoms with Gasteiger partial charge in [-0.2, -0.15) is 0 Å². The molecule has 0 fully saturated rings. The molecule has 0 bridgehead atoms. The maximum Gasteiger partial charge on any atom is 0.259 e. The summed E-state index contributed by atoms with van der Waals surface area (Å²) in [5.74, 6) is -2.02. The molecule has 0 radical (unpaired) electrons. The van der Waals surface area contributed by atoms with Gasteiger partial charge >= 0.3 is 0 Å². The summed E-state index contributed by atoms with van der Waals surface area (Å²) >= 11 is 0. The molecule has 1 atom stereocenters. The molecule has 0 saturated heterocycles. The molecule has 1 unspecified atom stereocenters. The first-order valence-corrected chi connectivity index (χ1v) is 4.88. The first-order chi connectivity index (χ1) is 8.06. The summed E-state index contributed by atoms with van der Waals surface area (Å²) in [4.78, 5) is 34.5. The minimum absolute atomic E-state index is 0.0463. The van der Waals surface area contributed by atoms with Gasteiger partial charge in [-0.3, -0.25) is 19.7 Å². The van der Waals surface area contributed by atoms with Crippen LogP contribution in [0, 0.1) is 0 Å². The zero-order valence-electron chi connectivity index (χ0n) is 8.64. The first kappa shape index (κ1) is 11.4. The lowest BCUT2D eigenvalue weighted by atomic mass is 9.97. The molecule has 1 aliphatic rings. The van der Waals surface area contributed by atoms with Crippen molar-refractivity contribution >= 4 is 17.6 Å². The molecule has 2 amide bonds. The second-order valence-corrected chi connectivity index (χ2v) is 3.57. The van der Waals surface area contributed by atoms with Crippen LogP contribution in [0.1, 0.15) is 31.1 Å². The van der Waals surface area contributed by atoms with Crippen molar-refractivity contribution in [3.05, 3.63) is 34.9 Å². The number of amides is 2. The number of hydrogen-bond acceptors (Lipinski definition) is 5. The summed E-state index contributed by atoms with van der Waals surface area (Å²) in [7, 11) is 0. The zero-order chi connectivity index (χ0) is 12.6. The van der Waals surface area contributed by atoms with Crippen LogP contribution in [0.15, 0.2) is 18.2 Å². The molecule has 1 aliphatic heterocycles. The molecule has 3 N–H and O–H groups in total. The van der Waals surface area contributed by atoms with Gasteiger partial charge in [0.05, 0.1) is 17.7 Å². The number of Topliss-reactive ketones (excluding diaryl/α,β-unsaturated/α-hetero) is 1. The Bertz CT molecular complexity index is 523. The fourth-order valence-corrected chi connectivity index (χ4v) is 1.69. The molecule has 0 aromatic heterocycles. The van der Waals surface area contributed by atoms with E-state index in [1.165, 1.54) is 18.2 Å². The van der Waals surface area contributed by atoms with Gasteiger partial charge in [0.25, 0.3) is 11.8 Å². The van der Waals surface area contributed by atoms with Gasteiger partial charge in [-0.25, -0.2) is 0 Å². The number of aliphatic hydroxyl groups excluding tert-OH is 2. The van der Waals surface area contributed by atoms with E-state index in [0.29, 0.717) is 0 Å². The molecule has 88 valence electrons. The molecule has 0 aliphatic carbocycles. The molecule has 2 rings (SSSR count). The van der Waals surface area contributed by atoms with Gasteiger partial charge in [-0.05, 0) is 6.07 Å². The Morgan fingerprint density at radius 1 is 1.29 bits per heavy atom. The molecule has 17 heavy (non-hydrogen) atoms. The van der Waals surface area contributed by atoms with Crippen molar-refractivity contribution in [2.45, 2.75) is 6.10 Å². The number of imide groups is 1. The van der Waals surface area contributed by atoms with Crippen LogP contribution in [-0.2, 0) is 0 Å². The minimum Gasteiger partial charge on any atom is -0.393 e. The Balaban J connectivity index is 2.55. The third-order valence-electron chi connectivity index (χ3n) is 2.50. The second kappa shape index (κ2) is 4.08. The maximum absolute atomic E-state index is 11.7. The van der Waals surface area contributed by atoms with Gasteiger partial charge in [0.1, 0.15) is 6.10 Å². The summed E-state index contributed by atoms with van der Waals surface area (Å²) in [6, 6.07) is 4.18. The monoisotopic (exact) mass is 235 g/mol. The summed E-state index contributed by atoms with van der Waals surface area (Å²) in [6.07, 6.45) is -1.59. The van der Waals surface area contributed by atoms with Crippen LogP contribution < -0.4 is 5.32 Å².